The molecule has 0 aromatic heterocycles. The summed E-state index contributed by atoms with van der Waals surface area (Å²) in [6, 6.07) is 0. The third-order valence-corrected chi connectivity index (χ3v) is 2.03. The van der Waals surface area contributed by atoms with Gasteiger partial charge in [-0.3, -0.25) is 9.59 Å². The third-order valence-electron chi connectivity index (χ3n) is 2.03. The van der Waals surface area contributed by atoms with E-state index >= 15 is 0 Å². The Kier molecular flexibility index (Phi) is 19.5. The Morgan fingerprint density at radius 3 is 1.13 bits per heavy atom. The first-order valence-electron chi connectivity index (χ1n) is 3.06. The van der Waals surface area contributed by atoms with Gasteiger partial charge < -0.3 is 32.1 Å². The number of hydrogen-bond acceptors (Lipinski definition) is 6. The molecule has 0 aromatic rings. The van der Waals surface area contributed by atoms with Crippen molar-refractivity contribution in [2.75, 3.05) is 0 Å². The average Bonchev–Trinajstić information content (AvgIpc) is 1.57. The molecule has 0 amide bonds. The second-order valence-corrected chi connectivity index (χ2v) is 2.55. The van der Waals surface area contributed by atoms with Gasteiger partial charge in [-0.1, -0.05) is 0 Å². The first kappa shape index (κ1) is 29.3. The van der Waals surface area contributed by atoms with E-state index in [9.17, 15) is 9.59 Å². The maximum absolute atomic E-state index is 10.4. The first-order chi connectivity index (χ1) is 4.59. The Labute approximate surface area is 99.8 Å². The molecule has 0 bridgehead atoms. The summed E-state index contributed by atoms with van der Waals surface area (Å²) < 4.78 is 0. The molecule has 0 radical (unpaired) electrons. The molecule has 0 spiro atoms. The van der Waals surface area contributed by atoms with E-state index in [0.29, 0.717) is 6.42 Å². The van der Waals surface area contributed by atoms with Crippen molar-refractivity contribution >= 4 is 11.9 Å². The minimum atomic E-state index is -1.44. The molecular formula is C6H12O8Pt. The average molecular weight is 407 g/mol. The summed E-state index contributed by atoms with van der Waals surface area (Å²) in [6.07, 6.45) is 1.26. The maximum Gasteiger partial charge on any atom is 4.00 e. The van der Waals surface area contributed by atoms with Crippen LogP contribution in [0.4, 0.5) is 0 Å². The van der Waals surface area contributed by atoms with Crippen molar-refractivity contribution < 1.29 is 62.8 Å². The van der Waals surface area contributed by atoms with E-state index in [1.165, 1.54) is 0 Å². The van der Waals surface area contributed by atoms with Gasteiger partial charge in [0.2, 0.25) is 0 Å². The summed E-state index contributed by atoms with van der Waals surface area (Å²) in [5.74, 6) is -2.41. The second-order valence-electron chi connectivity index (χ2n) is 2.55. The quantitative estimate of drug-likeness (QED) is 0.578. The minimum absolute atomic E-state index is 0. The molecule has 1 rings (SSSR count). The predicted molar refractivity (Wildman–Crippen MR) is 39.3 cm³/mol. The molecule has 0 unspecified atom stereocenters. The minimum Gasteiger partial charge on any atom is -0.870 e. The van der Waals surface area contributed by atoms with Crippen LogP contribution in [0.3, 0.4) is 0 Å². The van der Waals surface area contributed by atoms with E-state index < -0.39 is 17.4 Å². The van der Waals surface area contributed by atoms with E-state index in [-0.39, 0.29) is 55.8 Å². The van der Waals surface area contributed by atoms with Crippen LogP contribution < -0.4 is 0 Å². The van der Waals surface area contributed by atoms with Crippen molar-refractivity contribution in [3.8, 4) is 0 Å². The molecule has 6 N–H and O–H groups in total. The van der Waals surface area contributed by atoms with E-state index in [1.807, 2.05) is 0 Å². The molecule has 1 aliphatic carbocycles. The number of aliphatic carboxylic acids is 2. The monoisotopic (exact) mass is 407 g/mol. The Morgan fingerprint density at radius 1 is 0.867 bits per heavy atom. The van der Waals surface area contributed by atoms with Gasteiger partial charge in [0, 0.05) is 0 Å². The fourth-order valence-electron chi connectivity index (χ4n) is 1.05. The molecule has 0 aliphatic heterocycles. The normalized spacial score (nSPS) is 14.1. The molecule has 1 aliphatic rings. The van der Waals surface area contributed by atoms with Crippen LogP contribution in [0.25, 0.3) is 0 Å². The van der Waals surface area contributed by atoms with Crippen LogP contribution in [0.5, 0.6) is 0 Å². The van der Waals surface area contributed by atoms with Crippen LogP contribution in [0.15, 0.2) is 0 Å². The van der Waals surface area contributed by atoms with Crippen molar-refractivity contribution in [1.82, 2.24) is 0 Å². The summed E-state index contributed by atoms with van der Waals surface area (Å²) in [6.45, 7) is 0. The van der Waals surface area contributed by atoms with Crippen molar-refractivity contribution in [3.63, 3.8) is 0 Å². The Morgan fingerprint density at radius 2 is 1.13 bits per heavy atom. The Bertz CT molecular complexity index is 174. The first-order valence-corrected chi connectivity index (χ1v) is 3.06. The van der Waals surface area contributed by atoms with Gasteiger partial charge in [0.1, 0.15) is 0 Å². The molecular weight excluding hydrogens is 395 g/mol. The van der Waals surface area contributed by atoms with E-state index in [2.05, 4.69) is 0 Å². The molecule has 0 atom stereocenters. The van der Waals surface area contributed by atoms with Crippen LogP contribution in [-0.2, 0) is 30.7 Å². The number of rotatable bonds is 2. The van der Waals surface area contributed by atoms with E-state index in [1.54, 1.807) is 0 Å². The molecule has 1 fully saturated rings. The van der Waals surface area contributed by atoms with Crippen LogP contribution in [0.1, 0.15) is 19.3 Å². The zero-order valence-electron chi connectivity index (χ0n) is 7.44. The van der Waals surface area contributed by atoms with Gasteiger partial charge in [0.05, 0.1) is 0 Å². The van der Waals surface area contributed by atoms with Crippen molar-refractivity contribution in [2.45, 2.75) is 19.3 Å². The number of carbonyl (C=O) groups is 2. The number of hydrogen-bond donors (Lipinski definition) is 2. The summed E-state index contributed by atoms with van der Waals surface area (Å²) in [7, 11) is 0. The maximum atomic E-state index is 10.4. The molecule has 0 heterocycles. The number of carboxylic acids is 2. The largest absolute Gasteiger partial charge is 4.00 e. The van der Waals surface area contributed by atoms with Crippen molar-refractivity contribution in [3.05, 3.63) is 0 Å². The summed E-state index contributed by atoms with van der Waals surface area (Å²) >= 11 is 0. The smallest absolute Gasteiger partial charge is 0.870 e. The van der Waals surface area contributed by atoms with Crippen LogP contribution in [0, 0.1) is 5.41 Å². The molecule has 1 saturated carbocycles. The van der Waals surface area contributed by atoms with Gasteiger partial charge in [-0.05, 0) is 19.3 Å². The molecule has 15 heavy (non-hydrogen) atoms. The second kappa shape index (κ2) is 10.0. The molecule has 0 saturated heterocycles. The molecule has 8 nitrogen and oxygen atoms in total. The van der Waals surface area contributed by atoms with Crippen molar-refractivity contribution in [1.29, 1.82) is 0 Å². The Balaban J connectivity index is -0.0000000667. The molecule has 0 aromatic carbocycles. The Hall–Kier alpha value is -0.532. The topological polar surface area (TPSA) is 195 Å². The van der Waals surface area contributed by atoms with Gasteiger partial charge in [-0.15, -0.1) is 0 Å². The summed E-state index contributed by atoms with van der Waals surface area (Å²) in [5.41, 5.74) is -1.44. The fourth-order valence-corrected chi connectivity index (χ4v) is 1.05. The molecule has 9 heteroatoms. The van der Waals surface area contributed by atoms with E-state index in [0.717, 1.165) is 0 Å². The van der Waals surface area contributed by atoms with Gasteiger partial charge in [0.25, 0.3) is 0 Å². The van der Waals surface area contributed by atoms with Crippen LogP contribution in [0.2, 0.25) is 0 Å². The van der Waals surface area contributed by atoms with Gasteiger partial charge in [-0.2, -0.15) is 0 Å². The fraction of sp³-hybridized carbons (Fsp3) is 0.667. The van der Waals surface area contributed by atoms with Gasteiger partial charge in [-0.25, -0.2) is 0 Å². The third kappa shape index (κ3) is 4.67. The SMILES string of the molecule is O=C(O)C1(C(=O)O)CCC1.[OH-].[OH-].[OH-].[OH-].[Pt+4]. The zero-order chi connectivity index (χ0) is 7.78. The van der Waals surface area contributed by atoms with Gasteiger partial charge >= 0.3 is 33.0 Å². The van der Waals surface area contributed by atoms with E-state index in [4.69, 9.17) is 10.2 Å². The van der Waals surface area contributed by atoms with Crippen LogP contribution in [-0.4, -0.2) is 44.1 Å². The summed E-state index contributed by atoms with van der Waals surface area (Å²) in [5, 5.41) is 16.9. The zero-order valence-corrected chi connectivity index (χ0v) is 9.71. The number of carboxylic acid groups (broad SMARTS) is 2. The predicted octanol–water partition coefficient (Wildman–Crippen LogP) is -0.384. The molecule has 94 valence electrons. The standard InChI is InChI=1S/C6H8O4.4H2O.Pt/c7-4(8)6(5(9)10)2-1-3-6;;;;;/h1-3H2,(H,7,8)(H,9,10);4*1H2;/q;;;;;+4/p-4. The van der Waals surface area contributed by atoms with Crippen molar-refractivity contribution in [2.24, 2.45) is 5.41 Å². The van der Waals surface area contributed by atoms with Crippen LogP contribution >= 0.6 is 0 Å². The summed E-state index contributed by atoms with van der Waals surface area (Å²) in [4.78, 5) is 20.7. The van der Waals surface area contributed by atoms with Gasteiger partial charge in [0.15, 0.2) is 5.41 Å².